The molecule has 0 saturated carbocycles. The summed E-state index contributed by atoms with van der Waals surface area (Å²) in [6.45, 7) is 4.08. The number of hydrogen-bond donors (Lipinski definition) is 3. The Kier molecular flexibility index (Phi) is 6.52. The molecule has 0 spiro atoms. The number of sulfonamides is 1. The second-order valence-corrected chi connectivity index (χ2v) is 9.26. The molecular formula is C15H22Cl2N2O4S. The first-order valence-electron chi connectivity index (χ1n) is 7.64. The highest BCUT2D eigenvalue weighted by Crippen LogP contribution is 2.34. The van der Waals surface area contributed by atoms with E-state index in [2.05, 4.69) is 10.0 Å². The van der Waals surface area contributed by atoms with Gasteiger partial charge in [0.25, 0.3) is 0 Å². The van der Waals surface area contributed by atoms with Crippen LogP contribution in [0.5, 0.6) is 0 Å². The molecule has 1 fully saturated rings. The maximum absolute atomic E-state index is 12.0. The van der Waals surface area contributed by atoms with E-state index in [9.17, 15) is 13.5 Å². The van der Waals surface area contributed by atoms with Gasteiger partial charge in [0.2, 0.25) is 10.0 Å². The Morgan fingerprint density at radius 2 is 2.12 bits per heavy atom. The third kappa shape index (κ3) is 4.60. The number of ether oxygens (including phenoxy) is 1. The van der Waals surface area contributed by atoms with Gasteiger partial charge >= 0.3 is 0 Å². The Morgan fingerprint density at radius 1 is 1.42 bits per heavy atom. The normalized spacial score (nSPS) is 25.7. The zero-order valence-electron chi connectivity index (χ0n) is 13.6. The van der Waals surface area contributed by atoms with E-state index in [1.165, 1.54) is 0 Å². The van der Waals surface area contributed by atoms with Gasteiger partial charge in [-0.25, -0.2) is 13.1 Å². The fourth-order valence-electron chi connectivity index (χ4n) is 2.43. The molecule has 1 aromatic carbocycles. The maximum atomic E-state index is 12.0. The summed E-state index contributed by atoms with van der Waals surface area (Å²) in [5.41, 5.74) is -0.824. The van der Waals surface area contributed by atoms with E-state index in [1.54, 1.807) is 32.0 Å². The zero-order valence-corrected chi connectivity index (χ0v) is 15.9. The van der Waals surface area contributed by atoms with Crippen molar-refractivity contribution < 1.29 is 18.3 Å². The van der Waals surface area contributed by atoms with Crippen molar-refractivity contribution in [3.63, 3.8) is 0 Å². The second kappa shape index (κ2) is 7.86. The summed E-state index contributed by atoms with van der Waals surface area (Å²) >= 11 is 12.0. The molecule has 6 nitrogen and oxygen atoms in total. The minimum atomic E-state index is -3.51. The van der Waals surface area contributed by atoms with E-state index in [-0.39, 0.29) is 13.1 Å². The summed E-state index contributed by atoms with van der Waals surface area (Å²) in [7, 11) is -3.51. The number of benzene rings is 1. The van der Waals surface area contributed by atoms with Crippen LogP contribution in [-0.4, -0.2) is 50.6 Å². The lowest BCUT2D eigenvalue weighted by atomic mass is 9.91. The Morgan fingerprint density at radius 3 is 2.75 bits per heavy atom. The minimum absolute atomic E-state index is 0.175. The molecule has 0 aromatic heterocycles. The van der Waals surface area contributed by atoms with Crippen molar-refractivity contribution in [2.75, 3.05) is 26.2 Å². The predicted octanol–water partition coefficient (Wildman–Crippen LogP) is 1.71. The quantitative estimate of drug-likeness (QED) is 0.704. The van der Waals surface area contributed by atoms with E-state index in [1.807, 2.05) is 0 Å². The first-order valence-corrected chi connectivity index (χ1v) is 9.94. The first kappa shape index (κ1) is 19.9. The van der Waals surface area contributed by atoms with Crippen LogP contribution in [0.2, 0.25) is 10.0 Å². The van der Waals surface area contributed by atoms with Crippen LogP contribution >= 0.6 is 23.2 Å². The van der Waals surface area contributed by atoms with Crippen molar-refractivity contribution in [2.45, 2.75) is 30.8 Å². The summed E-state index contributed by atoms with van der Waals surface area (Å²) in [4.78, 5) is 0. The minimum Gasteiger partial charge on any atom is -0.384 e. The van der Waals surface area contributed by atoms with Crippen LogP contribution in [0, 0.1) is 0 Å². The number of halogens is 2. The van der Waals surface area contributed by atoms with E-state index < -0.39 is 27.0 Å². The summed E-state index contributed by atoms with van der Waals surface area (Å²) < 4.78 is 32.3. The van der Waals surface area contributed by atoms with Crippen molar-refractivity contribution in [1.29, 1.82) is 0 Å². The van der Waals surface area contributed by atoms with Gasteiger partial charge in [-0.2, -0.15) is 0 Å². The number of nitrogens with one attached hydrogen (secondary N) is 2. The van der Waals surface area contributed by atoms with Crippen LogP contribution in [0.3, 0.4) is 0 Å². The Hall–Kier alpha value is -0.410. The van der Waals surface area contributed by atoms with E-state index in [0.717, 1.165) is 0 Å². The average molecular weight is 397 g/mol. The highest BCUT2D eigenvalue weighted by Gasteiger charge is 2.41. The Bertz CT molecular complexity index is 684. The largest absolute Gasteiger partial charge is 0.384 e. The van der Waals surface area contributed by atoms with Crippen LogP contribution in [-0.2, 0) is 14.8 Å². The van der Waals surface area contributed by atoms with Gasteiger partial charge in [0.05, 0.1) is 21.9 Å². The summed E-state index contributed by atoms with van der Waals surface area (Å²) in [6, 6.07) is 4.97. The number of rotatable bonds is 5. The number of hydrogen-bond acceptors (Lipinski definition) is 5. The molecule has 1 heterocycles. The lowest BCUT2D eigenvalue weighted by Crippen LogP contribution is -2.53. The standard InChI is InChI=1S/C15H22Cl2N2O4S/c1-10(2)24(21,22)19-9-15(20)8-18-5-6-23-14(15)11-3-4-12(16)13(17)7-11/h3-4,7,10,14,18-20H,5-6,8-9H2,1-2H3. The van der Waals surface area contributed by atoms with Crippen molar-refractivity contribution in [2.24, 2.45) is 0 Å². The van der Waals surface area contributed by atoms with Crippen LogP contribution in [0.1, 0.15) is 25.5 Å². The molecular weight excluding hydrogens is 375 g/mol. The molecule has 3 N–H and O–H groups in total. The third-order valence-corrected chi connectivity index (χ3v) is 6.46. The predicted molar refractivity (Wildman–Crippen MR) is 95.0 cm³/mol. The molecule has 2 atom stereocenters. The topological polar surface area (TPSA) is 87.7 Å². The molecule has 0 amide bonds. The van der Waals surface area contributed by atoms with Gasteiger partial charge in [-0.05, 0) is 31.5 Å². The fraction of sp³-hybridized carbons (Fsp3) is 0.600. The first-order chi connectivity index (χ1) is 11.2. The van der Waals surface area contributed by atoms with Gasteiger partial charge in [0, 0.05) is 19.6 Å². The van der Waals surface area contributed by atoms with Crippen molar-refractivity contribution >= 4 is 33.2 Å². The van der Waals surface area contributed by atoms with Crippen LogP contribution < -0.4 is 10.0 Å². The number of aliphatic hydroxyl groups is 1. The molecule has 0 radical (unpaired) electrons. The van der Waals surface area contributed by atoms with Gasteiger partial charge in [-0.1, -0.05) is 29.3 Å². The van der Waals surface area contributed by atoms with Crippen molar-refractivity contribution in [1.82, 2.24) is 10.0 Å². The van der Waals surface area contributed by atoms with Gasteiger partial charge in [-0.3, -0.25) is 0 Å². The summed E-state index contributed by atoms with van der Waals surface area (Å²) in [5.74, 6) is 0. The number of β-amino-alcohol motifs (C(OH)–C–C–N with tert-alkyl or cyclic N) is 1. The molecule has 0 aliphatic carbocycles. The fourth-order valence-corrected chi connectivity index (χ4v) is 3.52. The van der Waals surface area contributed by atoms with E-state index in [4.69, 9.17) is 27.9 Å². The molecule has 1 aliphatic rings. The lowest BCUT2D eigenvalue weighted by molar-refractivity contribution is -0.0908. The summed E-state index contributed by atoms with van der Waals surface area (Å²) in [6.07, 6.45) is -0.739. The zero-order chi connectivity index (χ0) is 18.0. The summed E-state index contributed by atoms with van der Waals surface area (Å²) in [5, 5.41) is 14.3. The SMILES string of the molecule is CC(C)S(=O)(=O)NCC1(O)CNCCOC1c1ccc(Cl)c(Cl)c1. The van der Waals surface area contributed by atoms with Gasteiger partial charge in [0.15, 0.2) is 0 Å². The highest BCUT2D eigenvalue weighted by atomic mass is 35.5. The average Bonchev–Trinajstić information content (AvgIpc) is 2.70. The molecule has 136 valence electrons. The van der Waals surface area contributed by atoms with Crippen molar-refractivity contribution in [3.8, 4) is 0 Å². The van der Waals surface area contributed by atoms with Gasteiger partial charge in [-0.15, -0.1) is 0 Å². The molecule has 9 heteroatoms. The Labute approximate surface area is 152 Å². The van der Waals surface area contributed by atoms with Crippen LogP contribution in [0.4, 0.5) is 0 Å². The monoisotopic (exact) mass is 396 g/mol. The van der Waals surface area contributed by atoms with Crippen LogP contribution in [0.25, 0.3) is 0 Å². The smallest absolute Gasteiger partial charge is 0.214 e. The Balaban J connectivity index is 2.29. The highest BCUT2D eigenvalue weighted by molar-refractivity contribution is 7.90. The molecule has 0 bridgehead atoms. The molecule has 1 saturated heterocycles. The van der Waals surface area contributed by atoms with Gasteiger partial charge in [0.1, 0.15) is 11.7 Å². The van der Waals surface area contributed by atoms with Crippen molar-refractivity contribution in [3.05, 3.63) is 33.8 Å². The van der Waals surface area contributed by atoms with Crippen LogP contribution in [0.15, 0.2) is 18.2 Å². The molecule has 2 rings (SSSR count). The van der Waals surface area contributed by atoms with E-state index >= 15 is 0 Å². The maximum Gasteiger partial charge on any atom is 0.214 e. The molecule has 2 unspecified atom stereocenters. The molecule has 24 heavy (non-hydrogen) atoms. The third-order valence-electron chi connectivity index (χ3n) is 3.93. The second-order valence-electron chi connectivity index (χ2n) is 6.12. The van der Waals surface area contributed by atoms with E-state index in [0.29, 0.717) is 28.8 Å². The molecule has 1 aromatic rings. The van der Waals surface area contributed by atoms with Gasteiger partial charge < -0.3 is 15.2 Å². The molecule has 1 aliphatic heterocycles. The lowest BCUT2D eigenvalue weighted by Gasteiger charge is -2.34.